The molecule has 4 amide bonds. The maximum absolute atomic E-state index is 13.1. The highest BCUT2D eigenvalue weighted by Gasteiger charge is 2.32. The van der Waals surface area contributed by atoms with E-state index in [4.69, 9.17) is 4.74 Å². The molecule has 5 atom stereocenters. The molecule has 0 aliphatic carbocycles. The van der Waals surface area contributed by atoms with E-state index in [1.165, 1.54) is 11.8 Å². The molecule has 10 nitrogen and oxygen atoms in total. The van der Waals surface area contributed by atoms with Crippen molar-refractivity contribution in [3.05, 3.63) is 0 Å². The summed E-state index contributed by atoms with van der Waals surface area (Å²) in [6.45, 7) is 16.8. The first-order valence-electron chi connectivity index (χ1n) is 13.1. The summed E-state index contributed by atoms with van der Waals surface area (Å²) in [5.41, 5.74) is -0.705. The van der Waals surface area contributed by atoms with Gasteiger partial charge in [-0.1, -0.05) is 34.6 Å². The molecule has 0 unspecified atom stereocenters. The SMILES string of the molecule is CCNC(=O)[C@@H](NC(=O)[C@H](C)C[C@H](O)[C@H](CC(C)C)NC(=O)[C@H](CSC)NC(=O)OC(C)(C)C)C(C)C. The summed E-state index contributed by atoms with van der Waals surface area (Å²) >= 11 is 1.40. The van der Waals surface area contributed by atoms with Crippen LogP contribution in [0.1, 0.15) is 75.2 Å². The Hall–Kier alpha value is -2.01. The minimum Gasteiger partial charge on any atom is -0.444 e. The summed E-state index contributed by atoms with van der Waals surface area (Å²) in [5, 5.41) is 22.0. The minimum absolute atomic E-state index is 0.0937. The van der Waals surface area contributed by atoms with E-state index in [9.17, 15) is 24.3 Å². The van der Waals surface area contributed by atoms with E-state index in [0.29, 0.717) is 18.7 Å². The lowest BCUT2D eigenvalue weighted by atomic mass is 9.92. The van der Waals surface area contributed by atoms with Gasteiger partial charge in [-0.15, -0.1) is 0 Å². The highest BCUT2D eigenvalue weighted by atomic mass is 32.2. The summed E-state index contributed by atoms with van der Waals surface area (Å²) in [7, 11) is 0. The van der Waals surface area contributed by atoms with Crippen molar-refractivity contribution in [3.8, 4) is 0 Å². The summed E-state index contributed by atoms with van der Waals surface area (Å²) in [4.78, 5) is 50.5. The summed E-state index contributed by atoms with van der Waals surface area (Å²) in [6.07, 6.45) is 0.692. The first-order valence-corrected chi connectivity index (χ1v) is 14.5. The smallest absolute Gasteiger partial charge is 0.408 e. The third kappa shape index (κ3) is 14.5. The van der Waals surface area contributed by atoms with Gasteiger partial charge in [0, 0.05) is 18.2 Å². The highest BCUT2D eigenvalue weighted by Crippen LogP contribution is 2.17. The van der Waals surface area contributed by atoms with Crippen molar-refractivity contribution in [1.82, 2.24) is 21.3 Å². The van der Waals surface area contributed by atoms with Gasteiger partial charge in [-0.25, -0.2) is 4.79 Å². The number of nitrogens with one attached hydrogen (secondary N) is 4. The number of likely N-dealkylation sites (N-methyl/N-ethyl adjacent to an activating group) is 1. The van der Waals surface area contributed by atoms with Crippen molar-refractivity contribution in [3.63, 3.8) is 0 Å². The molecule has 0 spiro atoms. The van der Waals surface area contributed by atoms with Crippen LogP contribution in [0, 0.1) is 17.8 Å². The Labute approximate surface area is 227 Å². The summed E-state index contributed by atoms with van der Waals surface area (Å²) in [6, 6.07) is -2.16. The van der Waals surface area contributed by atoms with E-state index in [1.807, 2.05) is 40.9 Å². The van der Waals surface area contributed by atoms with Gasteiger partial charge in [-0.05, 0) is 58.6 Å². The molecule has 0 bridgehead atoms. The van der Waals surface area contributed by atoms with Gasteiger partial charge in [-0.3, -0.25) is 14.4 Å². The number of alkyl carbamates (subject to hydrolysis) is 1. The standard InChI is InChI=1S/C26H50N4O6S/c1-11-27-24(34)21(16(4)5)30-22(32)17(6)13-20(31)18(12-15(2)3)28-23(33)19(14-37-10)29-25(35)36-26(7,8)9/h15-21,31H,11-14H2,1-10H3,(H,27,34)(H,28,33)(H,29,35)(H,30,32)/t17-,18+,19+,20+,21+/m1/s1. The van der Waals surface area contributed by atoms with Gasteiger partial charge in [0.15, 0.2) is 0 Å². The van der Waals surface area contributed by atoms with Gasteiger partial charge in [0.2, 0.25) is 17.7 Å². The van der Waals surface area contributed by atoms with Crippen molar-refractivity contribution in [2.75, 3.05) is 18.6 Å². The number of aliphatic hydroxyl groups excluding tert-OH is 1. The number of thioether (sulfide) groups is 1. The van der Waals surface area contributed by atoms with E-state index in [1.54, 1.807) is 27.7 Å². The molecule has 0 aromatic carbocycles. The Bertz CT molecular complexity index is 741. The zero-order chi connectivity index (χ0) is 28.9. The number of carbonyl (C=O) groups excluding carboxylic acids is 4. The Balaban J connectivity index is 5.39. The van der Waals surface area contributed by atoms with Gasteiger partial charge in [0.25, 0.3) is 0 Å². The Morgan fingerprint density at radius 3 is 1.95 bits per heavy atom. The normalized spacial score (nSPS) is 15.8. The third-order valence-corrected chi connectivity index (χ3v) is 6.17. The molecule has 0 fully saturated rings. The average Bonchev–Trinajstić information content (AvgIpc) is 2.74. The lowest BCUT2D eigenvalue weighted by Gasteiger charge is -2.30. The predicted molar refractivity (Wildman–Crippen MR) is 148 cm³/mol. The van der Waals surface area contributed by atoms with E-state index in [-0.39, 0.29) is 30.1 Å². The van der Waals surface area contributed by atoms with Crippen LogP contribution in [-0.4, -0.2) is 77.3 Å². The fraction of sp³-hybridized carbons (Fsp3) is 0.846. The fourth-order valence-corrected chi connectivity index (χ4v) is 4.22. The minimum atomic E-state index is -1.01. The quantitative estimate of drug-likeness (QED) is 0.212. The molecule has 0 rings (SSSR count). The zero-order valence-corrected chi connectivity index (χ0v) is 25.1. The Morgan fingerprint density at radius 1 is 0.892 bits per heavy atom. The predicted octanol–water partition coefficient (Wildman–Crippen LogP) is 2.44. The number of ether oxygens (including phenoxy) is 1. The Kier molecular flexibility index (Phi) is 15.8. The molecule has 5 N–H and O–H groups in total. The molecular weight excluding hydrogens is 496 g/mol. The van der Waals surface area contributed by atoms with E-state index >= 15 is 0 Å². The number of hydrogen-bond donors (Lipinski definition) is 5. The first kappa shape index (κ1) is 35.0. The van der Waals surface area contributed by atoms with Crippen LogP contribution in [0.3, 0.4) is 0 Å². The van der Waals surface area contributed by atoms with Crippen molar-refractivity contribution < 1.29 is 29.0 Å². The van der Waals surface area contributed by atoms with Gasteiger partial charge < -0.3 is 31.1 Å². The number of carbonyl (C=O) groups is 4. The number of amides is 4. The van der Waals surface area contributed by atoms with Crippen molar-refractivity contribution in [2.24, 2.45) is 17.8 Å². The van der Waals surface area contributed by atoms with Crippen molar-refractivity contribution >= 4 is 35.6 Å². The summed E-state index contributed by atoms with van der Waals surface area (Å²) < 4.78 is 5.28. The highest BCUT2D eigenvalue weighted by molar-refractivity contribution is 7.98. The second-order valence-electron chi connectivity index (χ2n) is 11.2. The van der Waals surface area contributed by atoms with Crippen molar-refractivity contribution in [1.29, 1.82) is 0 Å². The largest absolute Gasteiger partial charge is 0.444 e. The average molecular weight is 547 g/mol. The van der Waals surface area contributed by atoms with Gasteiger partial charge in [0.05, 0.1) is 12.1 Å². The van der Waals surface area contributed by atoms with Crippen LogP contribution >= 0.6 is 11.8 Å². The molecule has 37 heavy (non-hydrogen) atoms. The van der Waals surface area contributed by atoms with Crippen LogP contribution in [0.25, 0.3) is 0 Å². The van der Waals surface area contributed by atoms with Gasteiger partial charge in [-0.2, -0.15) is 11.8 Å². The topological polar surface area (TPSA) is 146 Å². The molecule has 0 aromatic heterocycles. The molecule has 0 radical (unpaired) electrons. The van der Waals surface area contributed by atoms with Crippen LogP contribution in [0.4, 0.5) is 4.79 Å². The molecule has 11 heteroatoms. The lowest BCUT2D eigenvalue weighted by Crippen LogP contribution is -2.55. The second kappa shape index (κ2) is 16.8. The fourth-order valence-electron chi connectivity index (χ4n) is 3.65. The van der Waals surface area contributed by atoms with Crippen LogP contribution < -0.4 is 21.3 Å². The third-order valence-electron chi connectivity index (χ3n) is 5.50. The van der Waals surface area contributed by atoms with E-state index < -0.39 is 47.7 Å². The maximum atomic E-state index is 13.1. The lowest BCUT2D eigenvalue weighted by molar-refractivity contribution is -0.132. The second-order valence-corrected chi connectivity index (χ2v) is 12.1. The van der Waals surface area contributed by atoms with Crippen molar-refractivity contribution in [2.45, 2.75) is 105 Å². The molecule has 0 saturated carbocycles. The first-order chi connectivity index (χ1) is 17.0. The molecule has 0 saturated heterocycles. The van der Waals surface area contributed by atoms with Crippen LogP contribution in [-0.2, 0) is 19.1 Å². The molecule has 0 aromatic rings. The molecule has 0 aliphatic rings. The molecule has 0 heterocycles. The van der Waals surface area contributed by atoms with Gasteiger partial charge in [0.1, 0.15) is 17.7 Å². The van der Waals surface area contributed by atoms with Crippen LogP contribution in [0.2, 0.25) is 0 Å². The zero-order valence-electron chi connectivity index (χ0n) is 24.3. The van der Waals surface area contributed by atoms with E-state index in [0.717, 1.165) is 0 Å². The monoisotopic (exact) mass is 546 g/mol. The Morgan fingerprint density at radius 2 is 1.49 bits per heavy atom. The van der Waals surface area contributed by atoms with Gasteiger partial charge >= 0.3 is 6.09 Å². The maximum Gasteiger partial charge on any atom is 0.408 e. The number of aliphatic hydroxyl groups is 1. The molecular formula is C26H50N4O6S. The number of rotatable bonds is 15. The molecule has 216 valence electrons. The van der Waals surface area contributed by atoms with E-state index in [2.05, 4.69) is 21.3 Å². The van der Waals surface area contributed by atoms with Crippen LogP contribution in [0.5, 0.6) is 0 Å². The number of hydrogen-bond acceptors (Lipinski definition) is 7. The van der Waals surface area contributed by atoms with Crippen LogP contribution in [0.15, 0.2) is 0 Å². The molecule has 0 aliphatic heterocycles. The summed E-state index contributed by atoms with van der Waals surface area (Å²) in [5.74, 6) is -1.25.